The predicted octanol–water partition coefficient (Wildman–Crippen LogP) is 4.13. The van der Waals surface area contributed by atoms with Gasteiger partial charge in [-0.15, -0.1) is 11.3 Å². The molecular formula is C16H15FN2S. The highest BCUT2D eigenvalue weighted by atomic mass is 32.1. The van der Waals surface area contributed by atoms with Crippen molar-refractivity contribution in [3.63, 3.8) is 0 Å². The molecule has 0 amide bonds. The van der Waals surface area contributed by atoms with Crippen LogP contribution in [0.25, 0.3) is 10.1 Å². The van der Waals surface area contributed by atoms with Crippen LogP contribution in [0.1, 0.15) is 23.4 Å². The van der Waals surface area contributed by atoms with Crippen LogP contribution in [0.15, 0.2) is 48.8 Å². The molecule has 0 saturated heterocycles. The van der Waals surface area contributed by atoms with Gasteiger partial charge in [0.05, 0.1) is 12.2 Å². The summed E-state index contributed by atoms with van der Waals surface area (Å²) in [5.41, 5.74) is 0.860. The van der Waals surface area contributed by atoms with E-state index < -0.39 is 0 Å². The Kier molecular flexibility index (Phi) is 3.76. The lowest BCUT2D eigenvalue weighted by molar-refractivity contribution is 0.599. The van der Waals surface area contributed by atoms with Crippen LogP contribution in [0.4, 0.5) is 4.39 Å². The molecule has 1 atom stereocenters. The van der Waals surface area contributed by atoms with Gasteiger partial charge in [0.1, 0.15) is 5.82 Å². The Labute approximate surface area is 121 Å². The van der Waals surface area contributed by atoms with Gasteiger partial charge in [-0.2, -0.15) is 0 Å². The summed E-state index contributed by atoms with van der Waals surface area (Å²) in [4.78, 5) is 5.14. The molecule has 0 spiro atoms. The largest absolute Gasteiger partial charge is 0.306 e. The third-order valence-electron chi connectivity index (χ3n) is 3.20. The Balaban J connectivity index is 2.05. The molecule has 2 heterocycles. The fourth-order valence-corrected chi connectivity index (χ4v) is 3.49. The average molecular weight is 286 g/mol. The fourth-order valence-electron chi connectivity index (χ4n) is 2.32. The average Bonchev–Trinajstić information content (AvgIpc) is 2.88. The van der Waals surface area contributed by atoms with Crippen molar-refractivity contribution in [2.24, 2.45) is 0 Å². The second-order valence-electron chi connectivity index (χ2n) is 4.61. The predicted molar refractivity (Wildman–Crippen MR) is 81.5 cm³/mol. The SMILES string of the molecule is CCNC(c1cncc(F)c1)c1cc2ccccc2s1. The third kappa shape index (κ3) is 2.57. The van der Waals surface area contributed by atoms with Gasteiger partial charge in [-0.3, -0.25) is 4.98 Å². The van der Waals surface area contributed by atoms with Crippen LogP contribution in [0, 0.1) is 5.82 Å². The van der Waals surface area contributed by atoms with Crippen molar-refractivity contribution in [3.8, 4) is 0 Å². The van der Waals surface area contributed by atoms with E-state index in [9.17, 15) is 4.39 Å². The fraction of sp³-hybridized carbons (Fsp3) is 0.188. The summed E-state index contributed by atoms with van der Waals surface area (Å²) in [6.07, 6.45) is 2.96. The number of hydrogen-bond donors (Lipinski definition) is 1. The van der Waals surface area contributed by atoms with Gasteiger partial charge in [-0.25, -0.2) is 4.39 Å². The number of thiophene rings is 1. The minimum Gasteiger partial charge on any atom is -0.306 e. The summed E-state index contributed by atoms with van der Waals surface area (Å²) in [5.74, 6) is -0.300. The van der Waals surface area contributed by atoms with Crippen molar-refractivity contribution in [2.75, 3.05) is 6.54 Å². The normalized spacial score (nSPS) is 12.7. The molecule has 0 fully saturated rings. The first kappa shape index (κ1) is 13.2. The van der Waals surface area contributed by atoms with Gasteiger partial charge in [0.15, 0.2) is 0 Å². The molecule has 0 saturated carbocycles. The Morgan fingerprint density at radius 2 is 2.10 bits per heavy atom. The first-order chi connectivity index (χ1) is 9.78. The number of aromatic nitrogens is 1. The molecule has 3 rings (SSSR count). The number of rotatable bonds is 4. The number of nitrogens with zero attached hydrogens (tertiary/aromatic N) is 1. The van der Waals surface area contributed by atoms with Gasteiger partial charge >= 0.3 is 0 Å². The maximum Gasteiger partial charge on any atom is 0.141 e. The molecule has 0 aliphatic rings. The monoisotopic (exact) mass is 286 g/mol. The molecule has 4 heteroatoms. The van der Waals surface area contributed by atoms with Crippen molar-refractivity contribution in [1.82, 2.24) is 10.3 Å². The van der Waals surface area contributed by atoms with Crippen molar-refractivity contribution in [2.45, 2.75) is 13.0 Å². The minimum atomic E-state index is -0.300. The van der Waals surface area contributed by atoms with Gasteiger partial charge in [0.25, 0.3) is 0 Å². The minimum absolute atomic E-state index is 0.0133. The Morgan fingerprint density at radius 3 is 2.85 bits per heavy atom. The zero-order valence-corrected chi connectivity index (χ0v) is 12.0. The number of halogens is 1. The van der Waals surface area contributed by atoms with E-state index in [1.807, 2.05) is 19.1 Å². The summed E-state index contributed by atoms with van der Waals surface area (Å²) < 4.78 is 14.6. The van der Waals surface area contributed by atoms with Crippen molar-refractivity contribution in [3.05, 3.63) is 65.0 Å². The summed E-state index contributed by atoms with van der Waals surface area (Å²) >= 11 is 1.73. The molecule has 0 aliphatic heterocycles. The highest BCUT2D eigenvalue weighted by Gasteiger charge is 2.16. The van der Waals surface area contributed by atoms with Gasteiger partial charge in [-0.1, -0.05) is 25.1 Å². The van der Waals surface area contributed by atoms with E-state index in [0.717, 1.165) is 12.1 Å². The quantitative estimate of drug-likeness (QED) is 0.780. The van der Waals surface area contributed by atoms with Crippen molar-refractivity contribution < 1.29 is 4.39 Å². The van der Waals surface area contributed by atoms with E-state index in [4.69, 9.17) is 0 Å². The smallest absolute Gasteiger partial charge is 0.141 e. The number of fused-ring (bicyclic) bond motifs is 1. The molecule has 20 heavy (non-hydrogen) atoms. The first-order valence-electron chi connectivity index (χ1n) is 6.60. The molecule has 0 bridgehead atoms. The standard InChI is InChI=1S/C16H15FN2S/c1-2-19-16(12-7-13(17)10-18-9-12)15-8-11-5-3-4-6-14(11)20-15/h3-10,16,19H,2H2,1H3. The zero-order chi connectivity index (χ0) is 13.9. The van der Waals surface area contributed by atoms with Crippen LogP contribution < -0.4 is 5.32 Å². The van der Waals surface area contributed by atoms with Crippen LogP contribution in [-0.2, 0) is 0 Å². The van der Waals surface area contributed by atoms with Crippen LogP contribution in [0.3, 0.4) is 0 Å². The number of benzene rings is 1. The zero-order valence-electron chi connectivity index (χ0n) is 11.1. The number of nitrogens with one attached hydrogen (secondary N) is 1. The Morgan fingerprint density at radius 1 is 1.25 bits per heavy atom. The maximum absolute atomic E-state index is 13.4. The molecule has 2 nitrogen and oxygen atoms in total. The lowest BCUT2D eigenvalue weighted by Crippen LogP contribution is -2.21. The van der Waals surface area contributed by atoms with Crippen molar-refractivity contribution in [1.29, 1.82) is 0 Å². The molecule has 102 valence electrons. The molecule has 1 N–H and O–H groups in total. The highest BCUT2D eigenvalue weighted by molar-refractivity contribution is 7.19. The first-order valence-corrected chi connectivity index (χ1v) is 7.42. The van der Waals surface area contributed by atoms with E-state index >= 15 is 0 Å². The Bertz CT molecular complexity index is 690. The lowest BCUT2D eigenvalue weighted by Gasteiger charge is -2.16. The van der Waals surface area contributed by atoms with Crippen LogP contribution in [0.5, 0.6) is 0 Å². The number of hydrogen-bond acceptors (Lipinski definition) is 3. The van der Waals surface area contributed by atoms with E-state index in [2.05, 4.69) is 28.5 Å². The maximum atomic E-state index is 13.4. The second kappa shape index (κ2) is 5.69. The molecule has 2 aromatic heterocycles. The molecule has 0 radical (unpaired) electrons. The van der Waals surface area contributed by atoms with Gasteiger partial charge in [-0.05, 0) is 35.7 Å². The van der Waals surface area contributed by atoms with Crippen molar-refractivity contribution >= 4 is 21.4 Å². The summed E-state index contributed by atoms with van der Waals surface area (Å²) in [6, 6.07) is 12.0. The van der Waals surface area contributed by atoms with Crippen LogP contribution in [-0.4, -0.2) is 11.5 Å². The van der Waals surface area contributed by atoms with Crippen LogP contribution in [0.2, 0.25) is 0 Å². The van der Waals surface area contributed by atoms with Crippen LogP contribution >= 0.6 is 11.3 Å². The summed E-state index contributed by atoms with van der Waals surface area (Å²) in [5, 5.41) is 4.63. The topological polar surface area (TPSA) is 24.9 Å². The lowest BCUT2D eigenvalue weighted by atomic mass is 10.1. The molecule has 1 aromatic carbocycles. The van der Waals surface area contributed by atoms with E-state index in [0.29, 0.717) is 0 Å². The molecule has 1 unspecified atom stereocenters. The van der Waals surface area contributed by atoms with Gasteiger partial charge in [0.2, 0.25) is 0 Å². The van der Waals surface area contributed by atoms with E-state index in [1.165, 1.54) is 21.2 Å². The molecule has 3 aromatic rings. The Hall–Kier alpha value is -1.78. The highest BCUT2D eigenvalue weighted by Crippen LogP contribution is 2.33. The van der Waals surface area contributed by atoms with E-state index in [1.54, 1.807) is 23.6 Å². The van der Waals surface area contributed by atoms with E-state index in [-0.39, 0.29) is 11.9 Å². The number of pyridine rings is 1. The summed E-state index contributed by atoms with van der Waals surface area (Å²) in [6.45, 7) is 2.86. The van der Waals surface area contributed by atoms with Gasteiger partial charge < -0.3 is 5.32 Å². The summed E-state index contributed by atoms with van der Waals surface area (Å²) in [7, 11) is 0. The second-order valence-corrected chi connectivity index (χ2v) is 5.73. The third-order valence-corrected chi connectivity index (χ3v) is 4.38. The molecular weight excluding hydrogens is 271 g/mol. The van der Waals surface area contributed by atoms with Gasteiger partial charge in [0, 0.05) is 15.8 Å². The molecule has 0 aliphatic carbocycles.